The first kappa shape index (κ1) is 22.5. The van der Waals surface area contributed by atoms with Gasteiger partial charge in [-0.2, -0.15) is 0 Å². The fraction of sp³-hybridized carbons (Fsp3) is 0.696. The van der Waals surface area contributed by atoms with Gasteiger partial charge in [-0.3, -0.25) is 9.78 Å². The summed E-state index contributed by atoms with van der Waals surface area (Å²) in [5.74, 6) is 0.273. The maximum atomic E-state index is 11.6. The lowest BCUT2D eigenvalue weighted by Crippen LogP contribution is -2.07. The summed E-state index contributed by atoms with van der Waals surface area (Å²) in [6.45, 7) is 2.27. The molecule has 3 nitrogen and oxygen atoms in total. The molecule has 0 unspecified atom stereocenters. The van der Waals surface area contributed by atoms with E-state index < -0.39 is 0 Å². The molecule has 0 N–H and O–H groups in total. The molecule has 1 rings (SSSR count). The zero-order valence-corrected chi connectivity index (χ0v) is 16.7. The van der Waals surface area contributed by atoms with Crippen LogP contribution in [0.1, 0.15) is 103 Å². The SMILES string of the molecule is CCCCCCCCCCCCCCCCC(=O)OOc1ccccc1. The number of hydrogen-bond acceptors (Lipinski definition) is 3. The molecule has 1 aromatic carbocycles. The lowest BCUT2D eigenvalue weighted by atomic mass is 10.0. The zero-order valence-electron chi connectivity index (χ0n) is 16.7. The third-order valence-corrected chi connectivity index (χ3v) is 4.71. The topological polar surface area (TPSA) is 35.5 Å². The fourth-order valence-corrected chi connectivity index (χ4v) is 3.08. The molecular formula is C23H38O3. The normalized spacial score (nSPS) is 10.7. The second-order valence-electron chi connectivity index (χ2n) is 7.20. The van der Waals surface area contributed by atoms with E-state index in [1.54, 1.807) is 12.1 Å². The van der Waals surface area contributed by atoms with Crippen molar-refractivity contribution < 1.29 is 14.6 Å². The standard InChI is InChI=1S/C23H38O3/c1-2-3-4-5-6-7-8-9-10-11-12-13-14-18-21-23(24)26-25-22-19-16-15-17-20-22/h15-17,19-20H,2-14,18,21H2,1H3. The Bertz CT molecular complexity index is 430. The molecule has 3 heteroatoms. The van der Waals surface area contributed by atoms with Crippen molar-refractivity contribution in [1.82, 2.24) is 0 Å². The first-order valence-corrected chi connectivity index (χ1v) is 10.8. The highest BCUT2D eigenvalue weighted by molar-refractivity contribution is 5.68. The van der Waals surface area contributed by atoms with Gasteiger partial charge in [0.2, 0.25) is 0 Å². The van der Waals surface area contributed by atoms with Crippen LogP contribution >= 0.6 is 0 Å². The molecule has 0 saturated heterocycles. The van der Waals surface area contributed by atoms with Crippen molar-refractivity contribution in [1.29, 1.82) is 0 Å². The van der Waals surface area contributed by atoms with E-state index in [2.05, 4.69) is 6.92 Å². The molecule has 0 aliphatic rings. The molecule has 0 radical (unpaired) electrons. The highest BCUT2D eigenvalue weighted by atomic mass is 17.2. The van der Waals surface area contributed by atoms with Gasteiger partial charge < -0.3 is 0 Å². The van der Waals surface area contributed by atoms with Crippen molar-refractivity contribution in [2.24, 2.45) is 0 Å². The molecule has 0 atom stereocenters. The second kappa shape index (κ2) is 16.9. The average Bonchev–Trinajstić information content (AvgIpc) is 2.67. The predicted octanol–water partition coefficient (Wildman–Crippen LogP) is 7.40. The van der Waals surface area contributed by atoms with Crippen molar-refractivity contribution in [3.63, 3.8) is 0 Å². The molecule has 0 spiro atoms. The first-order valence-electron chi connectivity index (χ1n) is 10.8. The number of carbonyl (C=O) groups is 1. The maximum absolute atomic E-state index is 11.6. The van der Waals surface area contributed by atoms with Gasteiger partial charge in [0, 0.05) is 0 Å². The number of hydrogen-bond donors (Lipinski definition) is 0. The van der Waals surface area contributed by atoms with Gasteiger partial charge in [-0.25, -0.2) is 4.79 Å². The Hall–Kier alpha value is -1.51. The van der Waals surface area contributed by atoms with E-state index in [1.165, 1.54) is 77.0 Å². The Morgan fingerprint density at radius 2 is 1.15 bits per heavy atom. The van der Waals surface area contributed by atoms with Crippen LogP contribution in [-0.4, -0.2) is 5.97 Å². The molecule has 0 fully saturated rings. The number of para-hydroxylation sites is 1. The molecule has 0 amide bonds. The Kier molecular flexibility index (Phi) is 14.7. The van der Waals surface area contributed by atoms with Crippen molar-refractivity contribution in [2.45, 2.75) is 103 Å². The van der Waals surface area contributed by atoms with E-state index in [4.69, 9.17) is 9.78 Å². The van der Waals surface area contributed by atoms with E-state index in [1.807, 2.05) is 18.2 Å². The Labute approximate surface area is 160 Å². The number of carbonyl (C=O) groups excluding carboxylic acids is 1. The lowest BCUT2D eigenvalue weighted by molar-refractivity contribution is -0.213. The van der Waals surface area contributed by atoms with Crippen LogP contribution in [0.3, 0.4) is 0 Å². The minimum atomic E-state index is -0.284. The Morgan fingerprint density at radius 1 is 0.692 bits per heavy atom. The molecule has 1 aromatic rings. The van der Waals surface area contributed by atoms with E-state index in [0.29, 0.717) is 12.2 Å². The van der Waals surface area contributed by atoms with Crippen LogP contribution < -0.4 is 4.89 Å². The summed E-state index contributed by atoms with van der Waals surface area (Å²) >= 11 is 0. The first-order chi connectivity index (χ1) is 12.8. The van der Waals surface area contributed by atoms with Crippen molar-refractivity contribution in [2.75, 3.05) is 0 Å². The van der Waals surface area contributed by atoms with Crippen molar-refractivity contribution >= 4 is 5.97 Å². The van der Waals surface area contributed by atoms with Gasteiger partial charge in [-0.15, -0.1) is 0 Å². The van der Waals surface area contributed by atoms with Crippen LogP contribution in [0.25, 0.3) is 0 Å². The molecular weight excluding hydrogens is 324 g/mol. The molecule has 26 heavy (non-hydrogen) atoms. The van der Waals surface area contributed by atoms with Gasteiger partial charge in [0.1, 0.15) is 0 Å². The molecule has 0 aliphatic carbocycles. The van der Waals surface area contributed by atoms with Crippen molar-refractivity contribution in [3.05, 3.63) is 30.3 Å². The van der Waals surface area contributed by atoms with Gasteiger partial charge in [0.05, 0.1) is 6.42 Å². The molecule has 0 bridgehead atoms. The minimum absolute atomic E-state index is 0.284. The highest BCUT2D eigenvalue weighted by Crippen LogP contribution is 2.14. The summed E-state index contributed by atoms with van der Waals surface area (Å²) < 4.78 is 0. The van der Waals surface area contributed by atoms with E-state index in [0.717, 1.165) is 12.8 Å². The van der Waals surface area contributed by atoms with Crippen LogP contribution in [0.15, 0.2) is 30.3 Å². The predicted molar refractivity (Wildman–Crippen MR) is 108 cm³/mol. The quantitative estimate of drug-likeness (QED) is 0.164. The Balaban J connectivity index is 1.78. The van der Waals surface area contributed by atoms with Gasteiger partial charge >= 0.3 is 5.97 Å². The van der Waals surface area contributed by atoms with Crippen LogP contribution in [0.2, 0.25) is 0 Å². The van der Waals surface area contributed by atoms with E-state index in [9.17, 15) is 4.79 Å². The van der Waals surface area contributed by atoms with Gasteiger partial charge in [-0.1, -0.05) is 109 Å². The van der Waals surface area contributed by atoms with Gasteiger partial charge in [-0.05, 0) is 18.6 Å². The number of rotatable bonds is 17. The average molecular weight is 363 g/mol. The summed E-state index contributed by atoms with van der Waals surface area (Å²) in [5, 5.41) is 0. The van der Waals surface area contributed by atoms with Crippen molar-refractivity contribution in [3.8, 4) is 5.75 Å². The minimum Gasteiger partial charge on any atom is -0.287 e. The lowest BCUT2D eigenvalue weighted by Gasteiger charge is -2.04. The highest BCUT2D eigenvalue weighted by Gasteiger charge is 2.05. The summed E-state index contributed by atoms with van der Waals surface area (Å²) in [6, 6.07) is 9.11. The van der Waals surface area contributed by atoms with Gasteiger partial charge in [0.15, 0.2) is 5.75 Å². The van der Waals surface area contributed by atoms with E-state index in [-0.39, 0.29) is 5.97 Å². The van der Waals surface area contributed by atoms with Crippen LogP contribution in [-0.2, 0) is 9.68 Å². The third kappa shape index (κ3) is 13.7. The van der Waals surface area contributed by atoms with Gasteiger partial charge in [0.25, 0.3) is 0 Å². The molecule has 148 valence electrons. The van der Waals surface area contributed by atoms with E-state index >= 15 is 0 Å². The third-order valence-electron chi connectivity index (χ3n) is 4.71. The fourth-order valence-electron chi connectivity index (χ4n) is 3.08. The van der Waals surface area contributed by atoms with Crippen LogP contribution in [0, 0.1) is 0 Å². The second-order valence-corrected chi connectivity index (χ2v) is 7.20. The summed E-state index contributed by atoms with van der Waals surface area (Å²) in [5.41, 5.74) is 0. The van der Waals surface area contributed by atoms with Crippen LogP contribution in [0.5, 0.6) is 5.75 Å². The molecule has 0 aliphatic heterocycles. The van der Waals surface area contributed by atoms with Crippen LogP contribution in [0.4, 0.5) is 0 Å². The Morgan fingerprint density at radius 3 is 1.65 bits per heavy atom. The molecule has 0 heterocycles. The monoisotopic (exact) mass is 362 g/mol. The number of benzene rings is 1. The maximum Gasteiger partial charge on any atom is 0.355 e. The largest absolute Gasteiger partial charge is 0.355 e. The summed E-state index contributed by atoms with van der Waals surface area (Å²) in [7, 11) is 0. The molecule has 0 aromatic heterocycles. The zero-order chi connectivity index (χ0) is 18.7. The molecule has 0 saturated carbocycles. The smallest absolute Gasteiger partial charge is 0.287 e. The summed E-state index contributed by atoms with van der Waals surface area (Å²) in [6.07, 6.45) is 18.8. The number of unbranched alkanes of at least 4 members (excludes halogenated alkanes) is 13. The summed E-state index contributed by atoms with van der Waals surface area (Å²) in [4.78, 5) is 21.4.